The van der Waals surface area contributed by atoms with E-state index in [9.17, 15) is 0 Å². The molecule has 1 saturated carbocycles. The molecule has 150 valence electrons. The zero-order valence-corrected chi connectivity index (χ0v) is 16.9. The minimum Gasteiger partial charge on any atom is -0.381 e. The van der Waals surface area contributed by atoms with Crippen molar-refractivity contribution in [3.63, 3.8) is 0 Å². The molecule has 2 aliphatic rings. The molecule has 2 fully saturated rings. The number of rotatable bonds is 9. The highest BCUT2D eigenvalue weighted by Gasteiger charge is 2.27. The van der Waals surface area contributed by atoms with Crippen LogP contribution in [0.3, 0.4) is 0 Å². The summed E-state index contributed by atoms with van der Waals surface area (Å²) < 4.78 is 11.8. The number of nitrogens with one attached hydrogen (secondary N) is 2. The molecule has 5 nitrogen and oxygen atoms in total. The zero-order valence-electron chi connectivity index (χ0n) is 16.9. The molecule has 1 aromatic carbocycles. The van der Waals surface area contributed by atoms with Crippen LogP contribution in [0.25, 0.3) is 0 Å². The average molecular weight is 374 g/mol. The summed E-state index contributed by atoms with van der Waals surface area (Å²) in [5.74, 6) is 2.17. The topological polar surface area (TPSA) is 54.9 Å². The van der Waals surface area contributed by atoms with E-state index in [1.807, 2.05) is 7.05 Å². The summed E-state index contributed by atoms with van der Waals surface area (Å²) in [5, 5.41) is 6.88. The number of nitrogens with zero attached hydrogens (tertiary/aromatic N) is 1. The summed E-state index contributed by atoms with van der Waals surface area (Å²) in [5.41, 5.74) is 2.57. The lowest BCUT2D eigenvalue weighted by atomic mass is 9.89. The standard InChI is InChI=1S/C22H35N3O2/c1-17-6-10-19(11-7-17)21-20(5-3-14-27-21)15-25-22(23-2)24-12-4-13-26-16-18-8-9-18/h6-7,10-11,18,20-21H,3-5,8-9,12-16H2,1-2H3,(H2,23,24,25). The first-order chi connectivity index (χ1) is 13.3. The van der Waals surface area contributed by atoms with Crippen molar-refractivity contribution in [1.82, 2.24) is 10.6 Å². The third-order valence-electron chi connectivity index (χ3n) is 5.41. The Morgan fingerprint density at radius 2 is 2.00 bits per heavy atom. The predicted octanol–water partition coefficient (Wildman–Crippen LogP) is 3.44. The van der Waals surface area contributed by atoms with Crippen LogP contribution in [0.15, 0.2) is 29.3 Å². The van der Waals surface area contributed by atoms with Gasteiger partial charge < -0.3 is 20.1 Å². The molecule has 0 aromatic heterocycles. The second-order valence-corrected chi connectivity index (χ2v) is 7.86. The van der Waals surface area contributed by atoms with Gasteiger partial charge in [-0.2, -0.15) is 0 Å². The van der Waals surface area contributed by atoms with Crippen LogP contribution in [0.5, 0.6) is 0 Å². The predicted molar refractivity (Wildman–Crippen MR) is 110 cm³/mol. The van der Waals surface area contributed by atoms with Gasteiger partial charge in [0.1, 0.15) is 0 Å². The van der Waals surface area contributed by atoms with Crippen LogP contribution in [0, 0.1) is 18.8 Å². The third-order valence-corrected chi connectivity index (χ3v) is 5.41. The Morgan fingerprint density at radius 1 is 1.19 bits per heavy atom. The molecule has 2 atom stereocenters. The Bertz CT molecular complexity index is 584. The fourth-order valence-electron chi connectivity index (χ4n) is 3.54. The highest BCUT2D eigenvalue weighted by atomic mass is 16.5. The van der Waals surface area contributed by atoms with E-state index in [0.717, 1.165) is 57.6 Å². The molecule has 0 radical (unpaired) electrons. The number of hydrogen-bond donors (Lipinski definition) is 2. The lowest BCUT2D eigenvalue weighted by Gasteiger charge is -2.32. The molecule has 1 aliphatic heterocycles. The number of guanidine groups is 1. The first-order valence-corrected chi connectivity index (χ1v) is 10.5. The SMILES string of the molecule is CN=C(NCCCOCC1CC1)NCC1CCCOC1c1ccc(C)cc1. The van der Waals surface area contributed by atoms with Gasteiger partial charge in [-0.15, -0.1) is 0 Å². The minimum absolute atomic E-state index is 0.167. The van der Waals surface area contributed by atoms with E-state index in [0.29, 0.717) is 5.92 Å². The van der Waals surface area contributed by atoms with Crippen molar-refractivity contribution in [3.05, 3.63) is 35.4 Å². The zero-order chi connectivity index (χ0) is 18.9. The number of ether oxygens (including phenoxy) is 2. The minimum atomic E-state index is 0.167. The van der Waals surface area contributed by atoms with Crippen molar-refractivity contribution < 1.29 is 9.47 Å². The normalized spacial score (nSPS) is 23.3. The van der Waals surface area contributed by atoms with Crippen LogP contribution >= 0.6 is 0 Å². The molecule has 1 heterocycles. The smallest absolute Gasteiger partial charge is 0.190 e. The largest absolute Gasteiger partial charge is 0.381 e. The molecule has 5 heteroatoms. The van der Waals surface area contributed by atoms with Crippen LogP contribution < -0.4 is 10.6 Å². The van der Waals surface area contributed by atoms with E-state index in [1.165, 1.54) is 30.4 Å². The molecule has 2 unspecified atom stereocenters. The molecule has 2 N–H and O–H groups in total. The second-order valence-electron chi connectivity index (χ2n) is 7.86. The number of hydrogen-bond acceptors (Lipinski definition) is 3. The van der Waals surface area contributed by atoms with Crippen molar-refractivity contribution in [2.75, 3.05) is 40.0 Å². The van der Waals surface area contributed by atoms with Crippen LogP contribution in [-0.2, 0) is 9.47 Å². The number of aryl methyl sites for hydroxylation is 1. The molecular formula is C22H35N3O2. The van der Waals surface area contributed by atoms with Crippen molar-refractivity contribution in [2.45, 2.75) is 45.1 Å². The van der Waals surface area contributed by atoms with Crippen molar-refractivity contribution in [2.24, 2.45) is 16.8 Å². The van der Waals surface area contributed by atoms with E-state index in [1.54, 1.807) is 0 Å². The second kappa shape index (κ2) is 10.7. The van der Waals surface area contributed by atoms with Gasteiger partial charge in [0, 0.05) is 45.9 Å². The Kier molecular flexibility index (Phi) is 7.96. The van der Waals surface area contributed by atoms with E-state index < -0.39 is 0 Å². The van der Waals surface area contributed by atoms with Crippen LogP contribution in [0.4, 0.5) is 0 Å². The number of benzene rings is 1. The lowest BCUT2D eigenvalue weighted by Crippen LogP contribution is -2.42. The van der Waals surface area contributed by atoms with Crippen LogP contribution in [0.1, 0.15) is 49.3 Å². The maximum absolute atomic E-state index is 6.12. The fraction of sp³-hybridized carbons (Fsp3) is 0.682. The van der Waals surface area contributed by atoms with Gasteiger partial charge >= 0.3 is 0 Å². The van der Waals surface area contributed by atoms with Crippen molar-refractivity contribution in [1.29, 1.82) is 0 Å². The molecule has 0 bridgehead atoms. The van der Waals surface area contributed by atoms with Gasteiger partial charge in [-0.1, -0.05) is 29.8 Å². The molecule has 27 heavy (non-hydrogen) atoms. The van der Waals surface area contributed by atoms with Gasteiger partial charge in [0.25, 0.3) is 0 Å². The molecule has 0 spiro atoms. The highest BCUT2D eigenvalue weighted by Crippen LogP contribution is 2.33. The first kappa shape index (κ1) is 20.2. The maximum Gasteiger partial charge on any atom is 0.190 e. The van der Waals surface area contributed by atoms with E-state index in [-0.39, 0.29) is 6.10 Å². The summed E-state index contributed by atoms with van der Waals surface area (Å²) in [4.78, 5) is 4.35. The Hall–Kier alpha value is -1.59. The molecule has 0 amide bonds. The van der Waals surface area contributed by atoms with Crippen LogP contribution in [-0.4, -0.2) is 45.9 Å². The van der Waals surface area contributed by atoms with Gasteiger partial charge in [-0.05, 0) is 50.5 Å². The summed E-state index contributed by atoms with van der Waals surface area (Å²) >= 11 is 0. The third kappa shape index (κ3) is 6.82. The Labute approximate surface area is 163 Å². The average Bonchev–Trinajstić information content (AvgIpc) is 3.52. The van der Waals surface area contributed by atoms with Gasteiger partial charge in [0.05, 0.1) is 6.10 Å². The maximum atomic E-state index is 6.12. The Balaban J connectivity index is 1.39. The van der Waals surface area contributed by atoms with Gasteiger partial charge in [0.2, 0.25) is 0 Å². The summed E-state index contributed by atoms with van der Waals surface area (Å²) in [6.07, 6.45) is 6.18. The molecule has 1 aliphatic carbocycles. The quantitative estimate of drug-likeness (QED) is 0.395. The van der Waals surface area contributed by atoms with E-state index in [2.05, 4.69) is 46.8 Å². The molecular weight excluding hydrogens is 338 g/mol. The van der Waals surface area contributed by atoms with Gasteiger partial charge in [-0.3, -0.25) is 4.99 Å². The first-order valence-electron chi connectivity index (χ1n) is 10.5. The molecule has 1 saturated heterocycles. The summed E-state index contributed by atoms with van der Waals surface area (Å²) in [6.45, 7) is 6.49. The lowest BCUT2D eigenvalue weighted by molar-refractivity contribution is -0.0265. The fourth-order valence-corrected chi connectivity index (χ4v) is 3.54. The molecule has 1 aromatic rings. The van der Waals surface area contributed by atoms with Crippen molar-refractivity contribution >= 4 is 5.96 Å². The van der Waals surface area contributed by atoms with Crippen LogP contribution in [0.2, 0.25) is 0 Å². The van der Waals surface area contributed by atoms with Gasteiger partial charge in [-0.25, -0.2) is 0 Å². The van der Waals surface area contributed by atoms with Gasteiger partial charge in [0.15, 0.2) is 5.96 Å². The molecule has 3 rings (SSSR count). The van der Waals surface area contributed by atoms with Crippen molar-refractivity contribution in [3.8, 4) is 0 Å². The van der Waals surface area contributed by atoms with E-state index in [4.69, 9.17) is 9.47 Å². The summed E-state index contributed by atoms with van der Waals surface area (Å²) in [6, 6.07) is 8.74. The Morgan fingerprint density at radius 3 is 2.74 bits per heavy atom. The highest BCUT2D eigenvalue weighted by molar-refractivity contribution is 5.79. The number of aliphatic imine (C=N–C) groups is 1. The summed E-state index contributed by atoms with van der Waals surface area (Å²) in [7, 11) is 1.83. The van der Waals surface area contributed by atoms with E-state index >= 15 is 0 Å². The monoisotopic (exact) mass is 373 g/mol.